The molecule has 0 aromatic carbocycles. The fraction of sp³-hybridized carbons (Fsp3) is 0.857. The van der Waals surface area contributed by atoms with Crippen molar-refractivity contribution < 1.29 is 52.9 Å². The molecule has 0 rings (SSSR count). The van der Waals surface area contributed by atoms with Crippen molar-refractivity contribution in [3.05, 3.63) is 0 Å². The second-order valence-corrected chi connectivity index (χ2v) is 9.69. The van der Waals surface area contributed by atoms with Crippen LogP contribution >= 0.6 is 0 Å². The van der Waals surface area contributed by atoms with Crippen LogP contribution in [0.15, 0.2) is 0 Å². The molecular formula is C14H28O8Zr. The third-order valence-corrected chi connectivity index (χ3v) is 5.90. The number of hydrogen-bond donors (Lipinski definition) is 0. The summed E-state index contributed by atoms with van der Waals surface area (Å²) in [5.41, 5.74) is 0. The van der Waals surface area contributed by atoms with E-state index in [0.29, 0.717) is 12.8 Å². The van der Waals surface area contributed by atoms with Gasteiger partial charge in [-0.25, -0.2) is 0 Å². The molecule has 0 aliphatic carbocycles. The standard InChI is InChI=1S/2C4H8O2.2C3H8O2.Zr/c2*1-2-3-4(5)6;2*1-3(2)5-4;/h2*2-3H2,1H3,(H,5,6);2*3-4H,1-2H3;/q;;;;+4/p-4. The SMILES string of the molecule is CCCC(=O)[O][Zr]([O]OC(C)C)([O]OC(C)C)[O]C(=O)CCC. The van der Waals surface area contributed by atoms with E-state index in [-0.39, 0.29) is 25.0 Å². The zero-order chi connectivity index (χ0) is 17.9. The van der Waals surface area contributed by atoms with Crippen molar-refractivity contribution in [3.8, 4) is 0 Å². The molecule has 136 valence electrons. The van der Waals surface area contributed by atoms with Gasteiger partial charge in [0.25, 0.3) is 0 Å². The average Bonchev–Trinajstić information content (AvgIpc) is 2.43. The number of carbonyl (C=O) groups is 2. The third kappa shape index (κ3) is 10.9. The summed E-state index contributed by atoms with van der Waals surface area (Å²) in [4.78, 5) is 33.8. The van der Waals surface area contributed by atoms with Crippen molar-refractivity contribution in [1.29, 1.82) is 0 Å². The Bertz CT molecular complexity index is 325. The molecule has 0 aromatic rings. The van der Waals surface area contributed by atoms with Gasteiger partial charge in [-0.3, -0.25) is 0 Å². The second-order valence-electron chi connectivity index (χ2n) is 5.40. The van der Waals surface area contributed by atoms with Crippen LogP contribution in [0.4, 0.5) is 0 Å². The quantitative estimate of drug-likeness (QED) is 0.355. The molecule has 0 saturated carbocycles. The van der Waals surface area contributed by atoms with Crippen LogP contribution in [0.2, 0.25) is 0 Å². The van der Waals surface area contributed by atoms with Gasteiger partial charge in [-0.1, -0.05) is 0 Å². The van der Waals surface area contributed by atoms with Gasteiger partial charge in [0.05, 0.1) is 0 Å². The summed E-state index contributed by atoms with van der Waals surface area (Å²) in [6.07, 6.45) is 0.728. The first-order valence-electron chi connectivity index (χ1n) is 7.87. The number of rotatable bonds is 12. The Labute approximate surface area is 144 Å². The molecule has 0 N–H and O–H groups in total. The van der Waals surface area contributed by atoms with Gasteiger partial charge in [0.2, 0.25) is 0 Å². The first kappa shape index (κ1) is 22.7. The van der Waals surface area contributed by atoms with E-state index in [2.05, 4.69) is 0 Å². The third-order valence-electron chi connectivity index (χ3n) is 2.07. The summed E-state index contributed by atoms with van der Waals surface area (Å²) in [6.45, 7) is 10.5. The Morgan fingerprint density at radius 3 is 1.39 bits per heavy atom. The van der Waals surface area contributed by atoms with Crippen molar-refractivity contribution in [1.82, 2.24) is 0 Å². The molecule has 9 heteroatoms. The minimum absolute atomic E-state index is 0.139. The van der Waals surface area contributed by atoms with Crippen molar-refractivity contribution in [3.63, 3.8) is 0 Å². The van der Waals surface area contributed by atoms with E-state index in [4.69, 9.17) is 21.3 Å². The fourth-order valence-electron chi connectivity index (χ4n) is 1.20. The molecular weight excluding hydrogens is 387 g/mol. The first-order valence-corrected chi connectivity index (χ1v) is 11.9. The Morgan fingerprint density at radius 1 is 0.783 bits per heavy atom. The topological polar surface area (TPSA) is 89.5 Å². The monoisotopic (exact) mass is 414 g/mol. The summed E-state index contributed by atoms with van der Waals surface area (Å²) in [6, 6.07) is 0. The molecule has 0 fully saturated rings. The summed E-state index contributed by atoms with van der Waals surface area (Å²) < 4.78 is 20.8. The van der Waals surface area contributed by atoms with Crippen LogP contribution < -0.4 is 0 Å². The van der Waals surface area contributed by atoms with Crippen molar-refractivity contribution >= 4 is 11.9 Å². The molecule has 0 aliphatic rings. The molecule has 0 saturated heterocycles. The van der Waals surface area contributed by atoms with E-state index < -0.39 is 34.0 Å². The summed E-state index contributed by atoms with van der Waals surface area (Å²) in [7, 11) is 0. The molecule has 0 unspecified atom stereocenters. The van der Waals surface area contributed by atoms with Gasteiger partial charge in [-0.15, -0.1) is 0 Å². The zero-order valence-corrected chi connectivity index (χ0v) is 17.2. The Hall–Kier alpha value is -0.337. The van der Waals surface area contributed by atoms with Crippen molar-refractivity contribution in [2.75, 3.05) is 0 Å². The minimum atomic E-state index is -5.15. The predicted octanol–water partition coefficient (Wildman–Crippen LogP) is 3.20. The predicted molar refractivity (Wildman–Crippen MR) is 76.6 cm³/mol. The molecule has 0 spiro atoms. The summed E-state index contributed by atoms with van der Waals surface area (Å²) >= 11 is -5.15. The molecule has 0 amide bonds. The van der Waals surface area contributed by atoms with E-state index >= 15 is 0 Å². The van der Waals surface area contributed by atoms with Crippen molar-refractivity contribution in [2.45, 2.75) is 79.4 Å². The van der Waals surface area contributed by atoms with Gasteiger partial charge in [-0.05, 0) is 0 Å². The van der Waals surface area contributed by atoms with Crippen LogP contribution in [-0.2, 0) is 52.9 Å². The molecule has 0 heterocycles. The van der Waals surface area contributed by atoms with Crippen molar-refractivity contribution in [2.24, 2.45) is 0 Å². The van der Waals surface area contributed by atoms with Gasteiger partial charge in [-0.2, -0.15) is 0 Å². The van der Waals surface area contributed by atoms with Gasteiger partial charge >= 0.3 is 144 Å². The van der Waals surface area contributed by atoms with Crippen LogP contribution in [0.25, 0.3) is 0 Å². The summed E-state index contributed by atoms with van der Waals surface area (Å²) in [5, 5.41) is 0. The van der Waals surface area contributed by atoms with E-state index in [1.807, 2.05) is 13.8 Å². The summed E-state index contributed by atoms with van der Waals surface area (Å²) in [5.74, 6) is -1.18. The van der Waals surface area contributed by atoms with E-state index in [0.717, 1.165) is 0 Å². The molecule has 8 nitrogen and oxygen atoms in total. The Balaban J connectivity index is 5.21. The number of carbonyl (C=O) groups excluding carboxylic acids is 2. The molecule has 0 atom stereocenters. The normalized spacial score (nSPS) is 11.8. The maximum atomic E-state index is 11.9. The van der Waals surface area contributed by atoms with Gasteiger partial charge in [0, 0.05) is 0 Å². The molecule has 0 aromatic heterocycles. The fourth-order valence-corrected chi connectivity index (χ4v) is 5.11. The zero-order valence-electron chi connectivity index (χ0n) is 14.7. The Morgan fingerprint density at radius 2 is 1.13 bits per heavy atom. The number of hydrogen-bond acceptors (Lipinski definition) is 8. The molecule has 23 heavy (non-hydrogen) atoms. The molecule has 0 radical (unpaired) electrons. The van der Waals surface area contributed by atoms with Crippen LogP contribution in [-0.4, -0.2) is 24.1 Å². The van der Waals surface area contributed by atoms with E-state index in [9.17, 15) is 9.59 Å². The van der Waals surface area contributed by atoms with Crippen LogP contribution in [0.3, 0.4) is 0 Å². The van der Waals surface area contributed by atoms with Crippen LogP contribution in [0.1, 0.15) is 67.2 Å². The van der Waals surface area contributed by atoms with Gasteiger partial charge in [0.15, 0.2) is 0 Å². The average molecular weight is 416 g/mol. The molecule has 0 bridgehead atoms. The first-order chi connectivity index (χ1) is 10.7. The second kappa shape index (κ2) is 12.1. The molecule has 0 aliphatic heterocycles. The van der Waals surface area contributed by atoms with Crippen LogP contribution in [0.5, 0.6) is 0 Å². The maximum absolute atomic E-state index is 11.9. The van der Waals surface area contributed by atoms with Gasteiger partial charge < -0.3 is 0 Å². The van der Waals surface area contributed by atoms with E-state index in [1.165, 1.54) is 0 Å². The Kier molecular flexibility index (Phi) is 11.9. The van der Waals surface area contributed by atoms with Crippen LogP contribution in [0, 0.1) is 0 Å². The van der Waals surface area contributed by atoms with E-state index in [1.54, 1.807) is 27.7 Å². The van der Waals surface area contributed by atoms with Gasteiger partial charge in [0.1, 0.15) is 0 Å².